The van der Waals surface area contributed by atoms with E-state index in [1.807, 2.05) is 19.1 Å². The number of H-pyrrole nitrogens is 1. The Bertz CT molecular complexity index is 621. The van der Waals surface area contributed by atoms with Crippen LogP contribution in [0.15, 0.2) is 29.3 Å². The molecular weight excluding hydrogens is 379 g/mol. The Balaban J connectivity index is 0.00000161. The number of halogens is 1. The predicted molar refractivity (Wildman–Crippen MR) is 93.7 cm³/mol. The smallest absolute Gasteiger partial charge is 0.191 e. The van der Waals surface area contributed by atoms with Gasteiger partial charge in [0.25, 0.3) is 0 Å². The molecule has 21 heavy (non-hydrogen) atoms. The zero-order valence-electron chi connectivity index (χ0n) is 11.9. The lowest BCUT2D eigenvalue weighted by Gasteiger charge is -2.16. The molecule has 1 aromatic heterocycles. The van der Waals surface area contributed by atoms with Crippen LogP contribution in [0.5, 0.6) is 0 Å². The van der Waals surface area contributed by atoms with E-state index in [9.17, 15) is 0 Å². The van der Waals surface area contributed by atoms with Crippen molar-refractivity contribution in [2.24, 2.45) is 4.99 Å². The van der Waals surface area contributed by atoms with Gasteiger partial charge in [0.05, 0.1) is 0 Å². The normalized spacial score (nSPS) is 13.9. The number of aryl methyl sites for hydroxylation is 1. The first kappa shape index (κ1) is 15.7. The maximum Gasteiger partial charge on any atom is 0.191 e. The number of guanidine groups is 1. The van der Waals surface area contributed by atoms with Crippen molar-refractivity contribution in [3.8, 4) is 11.4 Å². The van der Waals surface area contributed by atoms with Gasteiger partial charge in [-0.1, -0.05) is 18.2 Å². The van der Waals surface area contributed by atoms with Crippen LogP contribution in [0.4, 0.5) is 0 Å². The van der Waals surface area contributed by atoms with Crippen molar-refractivity contribution in [3.63, 3.8) is 0 Å². The molecule has 2 heterocycles. The van der Waals surface area contributed by atoms with E-state index in [0.717, 1.165) is 49.2 Å². The number of hydrogen-bond acceptors (Lipinski definition) is 5. The summed E-state index contributed by atoms with van der Waals surface area (Å²) >= 11 is 0. The Morgan fingerprint density at radius 2 is 2.24 bits per heavy atom. The first-order valence-electron chi connectivity index (χ1n) is 6.82. The molecule has 1 aliphatic heterocycles. The number of aromatic nitrogens is 3. The van der Waals surface area contributed by atoms with Crippen molar-refractivity contribution in [2.45, 2.75) is 19.9 Å². The van der Waals surface area contributed by atoms with Gasteiger partial charge in [0.2, 0.25) is 0 Å². The maximum atomic E-state index is 4.39. The van der Waals surface area contributed by atoms with E-state index in [4.69, 9.17) is 0 Å². The van der Waals surface area contributed by atoms with Crippen LogP contribution in [0, 0.1) is 6.92 Å². The molecule has 0 bridgehead atoms. The minimum Gasteiger partial charge on any atom is -0.356 e. The predicted octanol–water partition coefficient (Wildman–Crippen LogP) is 1.84. The van der Waals surface area contributed by atoms with E-state index >= 15 is 0 Å². The third kappa shape index (κ3) is 4.16. The SMILES string of the molecule is Cc1nc(-c2cccc(CNC3=NCCCN3)c2)n[nH]1.I. The number of nitrogens with one attached hydrogen (secondary N) is 3. The fourth-order valence-corrected chi connectivity index (χ4v) is 2.13. The van der Waals surface area contributed by atoms with Gasteiger partial charge in [0.15, 0.2) is 11.8 Å². The third-order valence-corrected chi connectivity index (χ3v) is 3.14. The summed E-state index contributed by atoms with van der Waals surface area (Å²) in [6.07, 6.45) is 1.10. The second-order valence-electron chi connectivity index (χ2n) is 4.81. The molecule has 0 amide bonds. The van der Waals surface area contributed by atoms with Crippen LogP contribution in [0.3, 0.4) is 0 Å². The van der Waals surface area contributed by atoms with Crippen molar-refractivity contribution in [3.05, 3.63) is 35.7 Å². The molecule has 7 heteroatoms. The molecule has 1 aliphatic rings. The molecule has 1 aromatic carbocycles. The Labute approximate surface area is 140 Å². The summed E-state index contributed by atoms with van der Waals surface area (Å²) < 4.78 is 0. The molecule has 3 rings (SSSR count). The van der Waals surface area contributed by atoms with Crippen molar-refractivity contribution in [1.82, 2.24) is 25.8 Å². The van der Waals surface area contributed by atoms with Gasteiger partial charge in [0, 0.05) is 25.2 Å². The van der Waals surface area contributed by atoms with E-state index in [-0.39, 0.29) is 24.0 Å². The van der Waals surface area contributed by atoms with Gasteiger partial charge >= 0.3 is 0 Å². The van der Waals surface area contributed by atoms with E-state index in [1.165, 1.54) is 5.56 Å². The van der Waals surface area contributed by atoms with Gasteiger partial charge in [-0.3, -0.25) is 10.1 Å². The number of aromatic amines is 1. The van der Waals surface area contributed by atoms with Crippen molar-refractivity contribution < 1.29 is 0 Å². The highest BCUT2D eigenvalue weighted by atomic mass is 127. The molecule has 0 unspecified atom stereocenters. The van der Waals surface area contributed by atoms with E-state index < -0.39 is 0 Å². The molecule has 0 saturated heterocycles. The van der Waals surface area contributed by atoms with Crippen molar-refractivity contribution >= 4 is 29.9 Å². The van der Waals surface area contributed by atoms with Gasteiger partial charge < -0.3 is 10.6 Å². The molecule has 112 valence electrons. The number of benzene rings is 1. The maximum absolute atomic E-state index is 4.39. The van der Waals surface area contributed by atoms with Crippen molar-refractivity contribution in [2.75, 3.05) is 13.1 Å². The van der Waals surface area contributed by atoms with Gasteiger partial charge in [0.1, 0.15) is 5.82 Å². The van der Waals surface area contributed by atoms with Crippen LogP contribution >= 0.6 is 24.0 Å². The number of rotatable bonds is 3. The highest BCUT2D eigenvalue weighted by Gasteiger charge is 2.06. The number of hydrogen-bond donors (Lipinski definition) is 3. The fourth-order valence-electron chi connectivity index (χ4n) is 2.13. The third-order valence-electron chi connectivity index (χ3n) is 3.14. The Morgan fingerprint density at radius 3 is 2.95 bits per heavy atom. The van der Waals surface area contributed by atoms with E-state index in [1.54, 1.807) is 0 Å². The van der Waals surface area contributed by atoms with Crippen LogP contribution in [0.25, 0.3) is 11.4 Å². The first-order chi connectivity index (χ1) is 9.81. The molecule has 0 radical (unpaired) electrons. The summed E-state index contributed by atoms with van der Waals surface area (Å²) in [5, 5.41) is 13.6. The van der Waals surface area contributed by atoms with Crippen LogP contribution in [0.2, 0.25) is 0 Å². The topological polar surface area (TPSA) is 78.0 Å². The molecule has 0 aliphatic carbocycles. The quantitative estimate of drug-likeness (QED) is 0.690. The first-order valence-corrected chi connectivity index (χ1v) is 6.82. The number of nitrogens with zero attached hydrogens (tertiary/aromatic N) is 3. The standard InChI is InChI=1S/C14H18N6.HI/c1-10-18-13(20-19-10)12-5-2-4-11(8-12)9-17-14-15-6-3-7-16-14;/h2,4-5,8H,3,6-7,9H2,1H3,(H2,15,16,17)(H,18,19,20);1H. The zero-order chi connectivity index (χ0) is 13.8. The average molecular weight is 398 g/mol. The average Bonchev–Trinajstić information content (AvgIpc) is 2.93. The van der Waals surface area contributed by atoms with Crippen LogP contribution in [-0.4, -0.2) is 34.2 Å². The fraction of sp³-hybridized carbons (Fsp3) is 0.357. The molecule has 0 fully saturated rings. The van der Waals surface area contributed by atoms with Gasteiger partial charge in [-0.05, 0) is 25.0 Å². The Kier molecular flexibility index (Phi) is 5.54. The highest BCUT2D eigenvalue weighted by Crippen LogP contribution is 2.16. The lowest BCUT2D eigenvalue weighted by molar-refractivity contribution is 0.702. The van der Waals surface area contributed by atoms with Crippen LogP contribution < -0.4 is 10.6 Å². The van der Waals surface area contributed by atoms with Gasteiger partial charge in [-0.15, -0.1) is 24.0 Å². The molecule has 6 nitrogen and oxygen atoms in total. The molecule has 2 aromatic rings. The Morgan fingerprint density at radius 1 is 1.33 bits per heavy atom. The van der Waals surface area contributed by atoms with E-state index in [2.05, 4.69) is 42.9 Å². The molecule has 3 N–H and O–H groups in total. The van der Waals surface area contributed by atoms with E-state index in [0.29, 0.717) is 0 Å². The molecule has 0 saturated carbocycles. The van der Waals surface area contributed by atoms with Crippen molar-refractivity contribution in [1.29, 1.82) is 0 Å². The number of aliphatic imine (C=N–C) groups is 1. The van der Waals surface area contributed by atoms with Gasteiger partial charge in [-0.2, -0.15) is 5.10 Å². The summed E-state index contributed by atoms with van der Waals surface area (Å²) in [5.74, 6) is 2.44. The summed E-state index contributed by atoms with van der Waals surface area (Å²) in [5.41, 5.74) is 2.20. The second kappa shape index (κ2) is 7.39. The summed E-state index contributed by atoms with van der Waals surface area (Å²) in [6.45, 7) is 4.52. The zero-order valence-corrected chi connectivity index (χ0v) is 14.2. The summed E-state index contributed by atoms with van der Waals surface area (Å²) in [6, 6.07) is 8.22. The lowest BCUT2D eigenvalue weighted by atomic mass is 10.1. The summed E-state index contributed by atoms with van der Waals surface area (Å²) in [7, 11) is 0. The minimum absolute atomic E-state index is 0. The monoisotopic (exact) mass is 398 g/mol. The Hall–Kier alpha value is -1.64. The second-order valence-corrected chi connectivity index (χ2v) is 4.81. The van der Waals surface area contributed by atoms with Gasteiger partial charge in [-0.25, -0.2) is 4.98 Å². The van der Waals surface area contributed by atoms with Crippen LogP contribution in [0.1, 0.15) is 17.8 Å². The lowest BCUT2D eigenvalue weighted by Crippen LogP contribution is -2.40. The minimum atomic E-state index is 0. The molecular formula is C14H19IN6. The largest absolute Gasteiger partial charge is 0.356 e. The molecule has 0 spiro atoms. The van der Waals surface area contributed by atoms with Crippen LogP contribution in [-0.2, 0) is 6.54 Å². The summed E-state index contributed by atoms with van der Waals surface area (Å²) in [4.78, 5) is 8.74. The highest BCUT2D eigenvalue weighted by molar-refractivity contribution is 14.0. The molecule has 0 atom stereocenters.